The minimum Gasteiger partial charge on any atom is -0.480 e. The molecule has 0 aliphatic rings. The lowest BCUT2D eigenvalue weighted by Crippen LogP contribution is -2.21. The van der Waals surface area contributed by atoms with Gasteiger partial charge in [-0.3, -0.25) is 4.79 Å². The highest BCUT2D eigenvalue weighted by Crippen LogP contribution is 2.29. The van der Waals surface area contributed by atoms with E-state index >= 15 is 0 Å². The molecule has 0 bridgehead atoms. The van der Waals surface area contributed by atoms with Gasteiger partial charge in [0, 0.05) is 17.5 Å². The molecular weight excluding hydrogens is 272 g/mol. The Hall–Kier alpha value is -1.43. The number of hydrogen-bond acceptors (Lipinski definition) is 4. The average molecular weight is 283 g/mol. The Kier molecular flexibility index (Phi) is 4.30. The Morgan fingerprint density at radius 3 is 2.94 bits per heavy atom. The van der Waals surface area contributed by atoms with Crippen molar-refractivity contribution in [2.45, 2.75) is 6.54 Å². The van der Waals surface area contributed by atoms with Crippen molar-refractivity contribution < 1.29 is 9.90 Å². The summed E-state index contributed by atoms with van der Waals surface area (Å²) in [5.41, 5.74) is 1.71. The second-order valence-corrected chi connectivity index (χ2v) is 4.89. The predicted molar refractivity (Wildman–Crippen MR) is 71.9 cm³/mol. The van der Waals surface area contributed by atoms with Crippen LogP contribution in [0.1, 0.15) is 5.69 Å². The molecule has 1 heterocycles. The molecule has 0 aliphatic heterocycles. The van der Waals surface area contributed by atoms with E-state index in [0.717, 1.165) is 16.3 Å². The molecule has 94 valence electrons. The number of carbonyl (C=O) groups is 1. The van der Waals surface area contributed by atoms with Crippen molar-refractivity contribution in [1.29, 1.82) is 0 Å². The number of rotatable bonds is 5. The van der Waals surface area contributed by atoms with Crippen LogP contribution in [0, 0.1) is 0 Å². The van der Waals surface area contributed by atoms with Crippen LogP contribution in [0.4, 0.5) is 0 Å². The van der Waals surface area contributed by atoms with Gasteiger partial charge in [0.25, 0.3) is 0 Å². The lowest BCUT2D eigenvalue weighted by Gasteiger charge is -1.99. The number of thiazole rings is 1. The summed E-state index contributed by atoms with van der Waals surface area (Å²) in [6.45, 7) is 0.367. The zero-order valence-electron chi connectivity index (χ0n) is 9.39. The highest BCUT2D eigenvalue weighted by Gasteiger charge is 2.08. The molecule has 1 aromatic heterocycles. The first-order valence-corrected chi connectivity index (χ1v) is 6.54. The van der Waals surface area contributed by atoms with Crippen LogP contribution in [0.25, 0.3) is 10.6 Å². The number of carboxylic acids is 1. The molecule has 18 heavy (non-hydrogen) atoms. The van der Waals surface area contributed by atoms with E-state index in [9.17, 15) is 4.79 Å². The van der Waals surface area contributed by atoms with Crippen molar-refractivity contribution in [3.63, 3.8) is 0 Å². The highest BCUT2D eigenvalue weighted by molar-refractivity contribution is 7.13. The van der Waals surface area contributed by atoms with Gasteiger partial charge in [0.2, 0.25) is 0 Å². The van der Waals surface area contributed by atoms with E-state index in [-0.39, 0.29) is 6.54 Å². The second-order valence-electron chi connectivity index (χ2n) is 3.62. The van der Waals surface area contributed by atoms with Gasteiger partial charge in [-0.15, -0.1) is 11.3 Å². The van der Waals surface area contributed by atoms with Crippen molar-refractivity contribution in [2.75, 3.05) is 6.54 Å². The molecule has 2 N–H and O–H groups in total. The van der Waals surface area contributed by atoms with Crippen molar-refractivity contribution in [1.82, 2.24) is 10.3 Å². The minimum absolute atomic E-state index is 0.0705. The van der Waals surface area contributed by atoms with E-state index < -0.39 is 5.97 Å². The number of halogens is 1. The smallest absolute Gasteiger partial charge is 0.317 e. The Bertz CT molecular complexity index is 557. The van der Waals surface area contributed by atoms with E-state index in [0.29, 0.717) is 11.6 Å². The normalized spacial score (nSPS) is 10.5. The fourth-order valence-electron chi connectivity index (χ4n) is 1.44. The highest BCUT2D eigenvalue weighted by atomic mass is 35.5. The zero-order valence-corrected chi connectivity index (χ0v) is 11.0. The predicted octanol–water partition coefficient (Wildman–Crippen LogP) is 2.64. The van der Waals surface area contributed by atoms with E-state index in [1.165, 1.54) is 11.3 Å². The maximum atomic E-state index is 10.4. The molecule has 2 aromatic rings. The van der Waals surface area contributed by atoms with Crippen LogP contribution in [-0.4, -0.2) is 22.6 Å². The summed E-state index contributed by atoms with van der Waals surface area (Å²) in [6, 6.07) is 7.51. The molecule has 2 rings (SSSR count). The number of aliphatic carboxylic acids is 1. The van der Waals surface area contributed by atoms with Gasteiger partial charge < -0.3 is 10.4 Å². The summed E-state index contributed by atoms with van der Waals surface area (Å²) in [4.78, 5) is 14.8. The fraction of sp³-hybridized carbons (Fsp3) is 0.167. The van der Waals surface area contributed by atoms with E-state index in [4.69, 9.17) is 16.7 Å². The molecule has 0 fully saturated rings. The first-order chi connectivity index (χ1) is 8.66. The molecular formula is C12H11ClN2O2S. The Labute approximate surface area is 113 Å². The summed E-state index contributed by atoms with van der Waals surface area (Å²) >= 11 is 7.58. The molecule has 0 radical (unpaired) electrons. The van der Waals surface area contributed by atoms with E-state index in [2.05, 4.69) is 10.3 Å². The van der Waals surface area contributed by atoms with E-state index in [1.807, 2.05) is 29.6 Å². The summed E-state index contributed by atoms with van der Waals surface area (Å²) < 4.78 is 0. The molecule has 0 saturated carbocycles. The lowest BCUT2D eigenvalue weighted by atomic mass is 10.2. The zero-order chi connectivity index (χ0) is 13.0. The quantitative estimate of drug-likeness (QED) is 0.885. The van der Waals surface area contributed by atoms with Crippen molar-refractivity contribution >= 4 is 28.9 Å². The monoisotopic (exact) mass is 282 g/mol. The van der Waals surface area contributed by atoms with Crippen molar-refractivity contribution in [2.24, 2.45) is 0 Å². The van der Waals surface area contributed by atoms with Crippen molar-refractivity contribution in [3.8, 4) is 10.6 Å². The first-order valence-electron chi connectivity index (χ1n) is 5.28. The molecule has 4 nitrogen and oxygen atoms in total. The Morgan fingerprint density at radius 2 is 2.22 bits per heavy atom. The lowest BCUT2D eigenvalue weighted by molar-refractivity contribution is -0.135. The van der Waals surface area contributed by atoms with Crippen LogP contribution in [0.15, 0.2) is 29.6 Å². The molecule has 0 saturated heterocycles. The number of hydrogen-bond donors (Lipinski definition) is 2. The van der Waals surface area contributed by atoms with Crippen LogP contribution in [0.2, 0.25) is 5.02 Å². The fourth-order valence-corrected chi connectivity index (χ4v) is 2.58. The van der Waals surface area contributed by atoms with Gasteiger partial charge in [-0.05, 0) is 6.07 Å². The number of benzene rings is 1. The third-order valence-electron chi connectivity index (χ3n) is 2.24. The van der Waals surface area contributed by atoms with Crippen molar-refractivity contribution in [3.05, 3.63) is 40.4 Å². The molecule has 1 aromatic carbocycles. The van der Waals surface area contributed by atoms with Gasteiger partial charge >= 0.3 is 5.97 Å². The standard InChI is InChI=1S/C12H11ClN2O2S/c13-10-4-2-1-3-9(10)12-15-8(7-18-12)5-14-6-11(16)17/h1-4,7,14H,5-6H2,(H,16,17). The number of nitrogens with zero attached hydrogens (tertiary/aromatic N) is 1. The first kappa shape index (κ1) is 13.0. The molecule has 6 heteroatoms. The van der Waals surface area contributed by atoms with Gasteiger partial charge in [0.1, 0.15) is 5.01 Å². The maximum absolute atomic E-state index is 10.4. The minimum atomic E-state index is -0.878. The van der Waals surface area contributed by atoms with Gasteiger partial charge in [-0.1, -0.05) is 29.8 Å². The summed E-state index contributed by atoms with van der Waals surface area (Å²) in [6.07, 6.45) is 0. The summed E-state index contributed by atoms with van der Waals surface area (Å²) in [5.74, 6) is -0.878. The van der Waals surface area contributed by atoms with Crippen LogP contribution in [0.5, 0.6) is 0 Å². The Morgan fingerprint density at radius 1 is 1.44 bits per heavy atom. The molecule has 0 unspecified atom stereocenters. The summed E-state index contributed by atoms with van der Waals surface area (Å²) in [7, 11) is 0. The molecule has 0 amide bonds. The second kappa shape index (κ2) is 5.95. The topological polar surface area (TPSA) is 62.2 Å². The molecule has 0 spiro atoms. The third-order valence-corrected chi connectivity index (χ3v) is 3.49. The SMILES string of the molecule is O=C(O)CNCc1csc(-c2ccccc2Cl)n1. The average Bonchev–Trinajstić information content (AvgIpc) is 2.78. The van der Waals surface area contributed by atoms with Crippen LogP contribution < -0.4 is 5.32 Å². The summed E-state index contributed by atoms with van der Waals surface area (Å²) in [5, 5.41) is 14.7. The van der Waals surface area contributed by atoms with Gasteiger partial charge in [-0.25, -0.2) is 4.98 Å². The maximum Gasteiger partial charge on any atom is 0.317 e. The largest absolute Gasteiger partial charge is 0.480 e. The van der Waals surface area contributed by atoms with Gasteiger partial charge in [0.15, 0.2) is 0 Å². The third kappa shape index (κ3) is 3.29. The molecule has 0 aliphatic carbocycles. The van der Waals surface area contributed by atoms with Crippen LogP contribution in [-0.2, 0) is 11.3 Å². The Balaban J connectivity index is 2.06. The van der Waals surface area contributed by atoms with Crippen LogP contribution in [0.3, 0.4) is 0 Å². The number of aromatic nitrogens is 1. The van der Waals surface area contributed by atoms with E-state index in [1.54, 1.807) is 0 Å². The van der Waals surface area contributed by atoms with Gasteiger partial charge in [0.05, 0.1) is 17.3 Å². The van der Waals surface area contributed by atoms with Crippen LogP contribution >= 0.6 is 22.9 Å². The number of carboxylic acid groups (broad SMARTS) is 1. The number of nitrogens with one attached hydrogen (secondary N) is 1. The van der Waals surface area contributed by atoms with Gasteiger partial charge in [-0.2, -0.15) is 0 Å². The molecule has 0 atom stereocenters.